The summed E-state index contributed by atoms with van der Waals surface area (Å²) in [5.41, 5.74) is 6.05. The highest BCUT2D eigenvalue weighted by atomic mass is 32.2. The Kier molecular flexibility index (Phi) is 5.01. The van der Waals surface area contributed by atoms with E-state index in [1.54, 1.807) is 30.0 Å². The van der Waals surface area contributed by atoms with Crippen molar-refractivity contribution in [2.24, 2.45) is 5.73 Å². The molecule has 1 aromatic carbocycles. The number of nitrogens with zero attached hydrogens (tertiary/aromatic N) is 1. The van der Waals surface area contributed by atoms with E-state index in [4.69, 9.17) is 5.73 Å². The van der Waals surface area contributed by atoms with E-state index >= 15 is 0 Å². The lowest BCUT2D eigenvalue weighted by molar-refractivity contribution is -0.146. The van der Waals surface area contributed by atoms with Gasteiger partial charge in [0.2, 0.25) is 0 Å². The Morgan fingerprint density at radius 3 is 2.95 bits per heavy atom. The fraction of sp³-hybridized carbons (Fsp3) is 0.429. The predicted octanol–water partition coefficient (Wildman–Crippen LogP) is 3.06. The van der Waals surface area contributed by atoms with Gasteiger partial charge in [0, 0.05) is 5.75 Å². The molecule has 0 radical (unpaired) electrons. The molecule has 0 saturated carbocycles. The van der Waals surface area contributed by atoms with Crippen molar-refractivity contribution in [1.82, 2.24) is 4.98 Å². The van der Waals surface area contributed by atoms with Gasteiger partial charge in [-0.3, -0.25) is 4.79 Å². The van der Waals surface area contributed by atoms with Crippen molar-refractivity contribution in [2.45, 2.75) is 29.6 Å². The lowest BCUT2D eigenvalue weighted by atomic mass is 9.98. The van der Waals surface area contributed by atoms with Crippen molar-refractivity contribution in [1.29, 1.82) is 0 Å². The number of nitrogens with two attached hydrogens (primary N) is 1. The fourth-order valence-corrected chi connectivity index (χ4v) is 3.93. The Morgan fingerprint density at radius 1 is 1.50 bits per heavy atom. The van der Waals surface area contributed by atoms with Crippen LogP contribution in [0.15, 0.2) is 28.6 Å². The summed E-state index contributed by atoms with van der Waals surface area (Å²) in [6.45, 7) is 1.71. The lowest BCUT2D eigenvalue weighted by Gasteiger charge is -2.20. The molecule has 2 aromatic rings. The second-order valence-corrected chi connectivity index (χ2v) is 7.18. The average Bonchev–Trinajstić information content (AvgIpc) is 2.85. The zero-order chi connectivity index (χ0) is 14.6. The van der Waals surface area contributed by atoms with Gasteiger partial charge in [-0.2, -0.15) is 0 Å². The summed E-state index contributed by atoms with van der Waals surface area (Å²) in [4.78, 5) is 16.0. The van der Waals surface area contributed by atoms with E-state index in [-0.39, 0.29) is 5.97 Å². The third-order valence-corrected chi connectivity index (χ3v) is 5.26. The quantitative estimate of drug-likeness (QED) is 0.504. The summed E-state index contributed by atoms with van der Waals surface area (Å²) in [5.74, 6) is 0.534. The van der Waals surface area contributed by atoms with E-state index in [1.165, 1.54) is 11.8 Å². The topological polar surface area (TPSA) is 65.2 Å². The van der Waals surface area contributed by atoms with E-state index in [2.05, 4.69) is 15.8 Å². The molecule has 108 valence electrons. The van der Waals surface area contributed by atoms with Gasteiger partial charge in [0.1, 0.15) is 5.54 Å². The summed E-state index contributed by atoms with van der Waals surface area (Å²) >= 11 is 3.40. The van der Waals surface area contributed by atoms with Gasteiger partial charge in [0.25, 0.3) is 0 Å². The van der Waals surface area contributed by atoms with E-state index in [0.717, 1.165) is 22.0 Å². The number of benzene rings is 1. The largest absolute Gasteiger partial charge is 0.468 e. The molecule has 1 unspecified atom stereocenters. The molecule has 20 heavy (non-hydrogen) atoms. The molecule has 0 aliphatic heterocycles. The minimum atomic E-state index is -0.900. The van der Waals surface area contributed by atoms with Crippen LogP contribution in [0.25, 0.3) is 10.2 Å². The molecule has 0 aliphatic rings. The first-order valence-electron chi connectivity index (χ1n) is 6.38. The number of para-hydroxylation sites is 1. The number of rotatable bonds is 6. The fourth-order valence-electron chi connectivity index (χ4n) is 1.85. The normalized spacial score (nSPS) is 14.2. The van der Waals surface area contributed by atoms with Crippen LogP contribution in [0.1, 0.15) is 19.8 Å². The highest BCUT2D eigenvalue weighted by molar-refractivity contribution is 8.01. The number of fused-ring (bicyclic) bond motifs is 1. The van der Waals surface area contributed by atoms with Gasteiger partial charge in [-0.15, -0.1) is 11.3 Å². The Morgan fingerprint density at radius 2 is 2.25 bits per heavy atom. The van der Waals surface area contributed by atoms with Crippen LogP contribution < -0.4 is 5.73 Å². The van der Waals surface area contributed by atoms with Crippen LogP contribution in [0, 0.1) is 0 Å². The first-order chi connectivity index (χ1) is 9.53. The Balaban J connectivity index is 1.83. The smallest absolute Gasteiger partial charge is 0.325 e. The van der Waals surface area contributed by atoms with E-state index in [9.17, 15) is 4.79 Å². The highest BCUT2D eigenvalue weighted by Gasteiger charge is 2.28. The summed E-state index contributed by atoms with van der Waals surface area (Å²) in [5, 5.41) is 0. The second-order valence-electron chi connectivity index (χ2n) is 4.81. The van der Waals surface area contributed by atoms with E-state index < -0.39 is 5.54 Å². The molecule has 4 nitrogen and oxygen atoms in total. The molecule has 0 spiro atoms. The van der Waals surface area contributed by atoms with Crippen LogP contribution in [0.5, 0.6) is 0 Å². The Labute approximate surface area is 126 Å². The zero-order valence-electron chi connectivity index (χ0n) is 11.6. The number of carbonyl (C=O) groups excluding carboxylic acids is 1. The maximum atomic E-state index is 11.5. The number of hydrogen-bond acceptors (Lipinski definition) is 6. The molecule has 1 aromatic heterocycles. The number of esters is 1. The van der Waals surface area contributed by atoms with Crippen molar-refractivity contribution in [3.05, 3.63) is 24.3 Å². The minimum Gasteiger partial charge on any atom is -0.468 e. The molecule has 2 rings (SSSR count). The zero-order valence-corrected chi connectivity index (χ0v) is 13.2. The number of ether oxygens (including phenoxy) is 1. The van der Waals surface area contributed by atoms with Crippen molar-refractivity contribution in [3.63, 3.8) is 0 Å². The van der Waals surface area contributed by atoms with E-state index in [1.807, 2.05) is 18.2 Å². The molecule has 1 heterocycles. The number of thioether (sulfide) groups is 1. The Bertz CT molecular complexity index is 563. The first-order valence-corrected chi connectivity index (χ1v) is 8.19. The molecular formula is C14H18N2O2S2. The van der Waals surface area contributed by atoms with Crippen molar-refractivity contribution in [2.75, 3.05) is 12.9 Å². The predicted molar refractivity (Wildman–Crippen MR) is 84.2 cm³/mol. The standard InChI is InChI=1S/C14H18N2O2S2/c1-14(15,12(17)18-2)8-5-9-19-13-16-10-6-3-4-7-11(10)20-13/h3-4,6-7H,5,8-9,15H2,1-2H3. The van der Waals surface area contributed by atoms with Gasteiger partial charge in [0.15, 0.2) is 4.34 Å². The molecule has 0 aliphatic carbocycles. The summed E-state index contributed by atoms with van der Waals surface area (Å²) < 4.78 is 6.95. The molecule has 1 atom stereocenters. The molecule has 0 bridgehead atoms. The third kappa shape index (κ3) is 3.71. The maximum absolute atomic E-state index is 11.5. The SMILES string of the molecule is COC(=O)C(C)(N)CCCSc1nc2ccccc2s1. The number of hydrogen-bond donors (Lipinski definition) is 1. The first kappa shape index (κ1) is 15.3. The van der Waals surface area contributed by atoms with Gasteiger partial charge in [-0.1, -0.05) is 23.9 Å². The number of aromatic nitrogens is 1. The maximum Gasteiger partial charge on any atom is 0.325 e. The number of carbonyl (C=O) groups is 1. The molecule has 6 heteroatoms. The van der Waals surface area contributed by atoms with Gasteiger partial charge in [0.05, 0.1) is 17.3 Å². The molecule has 0 fully saturated rings. The third-order valence-electron chi connectivity index (χ3n) is 2.99. The molecular weight excluding hydrogens is 292 g/mol. The van der Waals surface area contributed by atoms with Crippen LogP contribution in [-0.2, 0) is 9.53 Å². The van der Waals surface area contributed by atoms with Gasteiger partial charge >= 0.3 is 5.97 Å². The highest BCUT2D eigenvalue weighted by Crippen LogP contribution is 2.30. The monoisotopic (exact) mass is 310 g/mol. The van der Waals surface area contributed by atoms with Gasteiger partial charge < -0.3 is 10.5 Å². The van der Waals surface area contributed by atoms with Crippen molar-refractivity contribution >= 4 is 39.3 Å². The summed E-state index contributed by atoms with van der Waals surface area (Å²) in [7, 11) is 1.36. The van der Waals surface area contributed by atoms with E-state index in [0.29, 0.717) is 6.42 Å². The lowest BCUT2D eigenvalue weighted by Crippen LogP contribution is -2.45. The van der Waals surface area contributed by atoms with Crippen molar-refractivity contribution < 1.29 is 9.53 Å². The Hall–Kier alpha value is -1.11. The van der Waals surface area contributed by atoms with Crippen LogP contribution in [0.2, 0.25) is 0 Å². The molecule has 0 amide bonds. The summed E-state index contributed by atoms with van der Waals surface area (Å²) in [6.07, 6.45) is 1.46. The van der Waals surface area contributed by atoms with Crippen LogP contribution in [0.3, 0.4) is 0 Å². The number of methoxy groups -OCH3 is 1. The van der Waals surface area contributed by atoms with Crippen LogP contribution in [-0.4, -0.2) is 29.4 Å². The summed E-state index contributed by atoms with van der Waals surface area (Å²) in [6, 6.07) is 8.10. The van der Waals surface area contributed by atoms with Gasteiger partial charge in [-0.05, 0) is 31.9 Å². The molecule has 2 N–H and O–H groups in total. The van der Waals surface area contributed by atoms with Crippen LogP contribution in [0.4, 0.5) is 0 Å². The number of thiazole rings is 1. The van der Waals surface area contributed by atoms with Crippen LogP contribution >= 0.6 is 23.1 Å². The van der Waals surface area contributed by atoms with Gasteiger partial charge in [-0.25, -0.2) is 4.98 Å². The average molecular weight is 310 g/mol. The minimum absolute atomic E-state index is 0.359. The second kappa shape index (κ2) is 6.56. The van der Waals surface area contributed by atoms with Crippen molar-refractivity contribution in [3.8, 4) is 0 Å². The molecule has 0 saturated heterocycles.